The second-order valence-electron chi connectivity index (χ2n) is 3.01. The van der Waals surface area contributed by atoms with Crippen LogP contribution in [0, 0.1) is 0 Å². The molecule has 2 heteroatoms. The maximum Gasteiger partial charge on any atom is 0.110 e. The van der Waals surface area contributed by atoms with Crippen LogP contribution in [0.25, 0.3) is 0 Å². The Hall–Kier alpha value is -0.0800. The zero-order valence-corrected chi connectivity index (χ0v) is 5.84. The van der Waals surface area contributed by atoms with Crippen LogP contribution in [0.1, 0.15) is 19.3 Å². The van der Waals surface area contributed by atoms with Crippen LogP contribution in [0.15, 0.2) is 0 Å². The average molecular weight is 127 g/mol. The second kappa shape index (κ2) is 1.96. The van der Waals surface area contributed by atoms with Crippen molar-refractivity contribution in [2.45, 2.75) is 31.5 Å². The van der Waals surface area contributed by atoms with Gasteiger partial charge in [-0.1, -0.05) is 0 Å². The van der Waals surface area contributed by atoms with Crippen LogP contribution >= 0.6 is 0 Å². The molecular formula is C7H13NO. The Morgan fingerprint density at radius 1 is 1.33 bits per heavy atom. The van der Waals surface area contributed by atoms with Gasteiger partial charge in [0.15, 0.2) is 0 Å². The lowest BCUT2D eigenvalue weighted by atomic mass is 10.2. The van der Waals surface area contributed by atoms with E-state index in [1.54, 1.807) is 0 Å². The van der Waals surface area contributed by atoms with E-state index in [0.29, 0.717) is 6.23 Å². The molecule has 0 N–H and O–H groups in total. The number of fused-ring (bicyclic) bond motifs is 2. The molecule has 0 aromatic carbocycles. The summed E-state index contributed by atoms with van der Waals surface area (Å²) in [6.07, 6.45) is 4.30. The topological polar surface area (TPSA) is 12.5 Å². The van der Waals surface area contributed by atoms with E-state index in [-0.39, 0.29) is 0 Å². The van der Waals surface area contributed by atoms with Gasteiger partial charge < -0.3 is 4.74 Å². The van der Waals surface area contributed by atoms with E-state index in [1.165, 1.54) is 19.3 Å². The van der Waals surface area contributed by atoms with Crippen molar-refractivity contribution in [2.75, 3.05) is 13.7 Å². The summed E-state index contributed by atoms with van der Waals surface area (Å²) in [5.41, 5.74) is 0. The molecule has 0 spiro atoms. The molecule has 0 unspecified atom stereocenters. The Balaban J connectivity index is 2.10. The van der Waals surface area contributed by atoms with Crippen LogP contribution in [0.3, 0.4) is 0 Å². The summed E-state index contributed by atoms with van der Waals surface area (Å²) in [6, 6.07) is 0.837. The Morgan fingerprint density at radius 3 is 2.89 bits per heavy atom. The first-order chi connectivity index (χ1) is 4.38. The van der Waals surface area contributed by atoms with E-state index in [2.05, 4.69) is 11.9 Å². The van der Waals surface area contributed by atoms with Gasteiger partial charge in [-0.3, -0.25) is 4.90 Å². The van der Waals surface area contributed by atoms with E-state index in [9.17, 15) is 0 Å². The van der Waals surface area contributed by atoms with E-state index in [1.807, 2.05) is 0 Å². The molecule has 2 nitrogen and oxygen atoms in total. The number of hydrogen-bond donors (Lipinski definition) is 0. The Bertz CT molecular complexity index is 99.5. The first kappa shape index (κ1) is 5.69. The van der Waals surface area contributed by atoms with E-state index < -0.39 is 0 Å². The van der Waals surface area contributed by atoms with E-state index >= 15 is 0 Å². The van der Waals surface area contributed by atoms with Gasteiger partial charge in [0.1, 0.15) is 6.23 Å². The average Bonchev–Trinajstić information content (AvgIpc) is 2.19. The summed E-state index contributed by atoms with van der Waals surface area (Å²) in [5.74, 6) is 0. The highest BCUT2D eigenvalue weighted by Crippen LogP contribution is 2.29. The molecule has 52 valence electrons. The minimum atomic E-state index is 0.462. The summed E-state index contributed by atoms with van der Waals surface area (Å²) in [4.78, 5) is 2.36. The molecule has 2 rings (SSSR count). The molecular weight excluding hydrogens is 114 g/mol. The lowest BCUT2D eigenvalue weighted by molar-refractivity contribution is -0.0734. The third-order valence-electron chi connectivity index (χ3n) is 2.54. The van der Waals surface area contributed by atoms with Gasteiger partial charge in [0.05, 0.1) is 6.61 Å². The van der Waals surface area contributed by atoms with Gasteiger partial charge in [0, 0.05) is 6.04 Å². The molecule has 0 amide bonds. The summed E-state index contributed by atoms with van der Waals surface area (Å²) < 4.78 is 5.51. The van der Waals surface area contributed by atoms with E-state index in [4.69, 9.17) is 4.74 Å². The highest BCUT2D eigenvalue weighted by molar-refractivity contribution is 4.83. The molecule has 9 heavy (non-hydrogen) atoms. The third-order valence-corrected chi connectivity index (χ3v) is 2.54. The SMILES string of the molecule is CN1[C@@H]2CCO[C@H]1CC2. The lowest BCUT2D eigenvalue weighted by Gasteiger charge is -2.30. The monoisotopic (exact) mass is 127 g/mol. The van der Waals surface area contributed by atoms with Crippen LogP contribution in [0.2, 0.25) is 0 Å². The minimum absolute atomic E-state index is 0.462. The Morgan fingerprint density at radius 2 is 2.22 bits per heavy atom. The molecule has 2 bridgehead atoms. The normalized spacial score (nSPS) is 43.7. The van der Waals surface area contributed by atoms with Crippen molar-refractivity contribution in [1.29, 1.82) is 0 Å². The van der Waals surface area contributed by atoms with Gasteiger partial charge >= 0.3 is 0 Å². The molecule has 2 aliphatic heterocycles. The number of ether oxygens (including phenoxy) is 1. The van der Waals surface area contributed by atoms with Crippen molar-refractivity contribution in [3.05, 3.63) is 0 Å². The lowest BCUT2D eigenvalue weighted by Crippen LogP contribution is -2.39. The van der Waals surface area contributed by atoms with Crippen molar-refractivity contribution in [2.24, 2.45) is 0 Å². The zero-order chi connectivity index (χ0) is 6.27. The fourth-order valence-corrected chi connectivity index (χ4v) is 1.87. The van der Waals surface area contributed by atoms with Crippen LogP contribution in [-0.2, 0) is 4.74 Å². The molecule has 0 aromatic heterocycles. The third kappa shape index (κ3) is 0.775. The highest BCUT2D eigenvalue weighted by atomic mass is 16.5. The molecule has 2 aliphatic rings. The van der Waals surface area contributed by atoms with Gasteiger partial charge in [0.25, 0.3) is 0 Å². The molecule has 0 aromatic rings. The van der Waals surface area contributed by atoms with Gasteiger partial charge in [-0.05, 0) is 26.3 Å². The maximum atomic E-state index is 5.51. The molecule has 2 saturated heterocycles. The fourth-order valence-electron chi connectivity index (χ4n) is 1.87. The predicted octanol–water partition coefficient (Wildman–Crippen LogP) is 0.827. The van der Waals surface area contributed by atoms with Gasteiger partial charge in [-0.25, -0.2) is 0 Å². The molecule has 0 radical (unpaired) electrons. The molecule has 0 saturated carbocycles. The van der Waals surface area contributed by atoms with Gasteiger partial charge in [-0.15, -0.1) is 0 Å². The van der Waals surface area contributed by atoms with Crippen LogP contribution < -0.4 is 0 Å². The number of nitrogens with zero attached hydrogens (tertiary/aromatic N) is 1. The molecule has 0 aliphatic carbocycles. The van der Waals surface area contributed by atoms with Crippen LogP contribution in [0.5, 0.6) is 0 Å². The first-order valence-electron chi connectivity index (χ1n) is 3.71. The highest BCUT2D eigenvalue weighted by Gasteiger charge is 2.34. The minimum Gasteiger partial charge on any atom is -0.363 e. The van der Waals surface area contributed by atoms with Crippen molar-refractivity contribution in [1.82, 2.24) is 4.90 Å². The van der Waals surface area contributed by atoms with E-state index in [0.717, 1.165) is 12.6 Å². The fraction of sp³-hybridized carbons (Fsp3) is 1.00. The van der Waals surface area contributed by atoms with Gasteiger partial charge in [0.2, 0.25) is 0 Å². The van der Waals surface area contributed by atoms with Crippen molar-refractivity contribution < 1.29 is 4.74 Å². The van der Waals surface area contributed by atoms with Crippen molar-refractivity contribution in [3.8, 4) is 0 Å². The molecule has 2 heterocycles. The number of rotatable bonds is 0. The second-order valence-corrected chi connectivity index (χ2v) is 3.01. The smallest absolute Gasteiger partial charge is 0.110 e. The first-order valence-corrected chi connectivity index (χ1v) is 3.71. The predicted molar refractivity (Wildman–Crippen MR) is 35.1 cm³/mol. The number of hydrogen-bond acceptors (Lipinski definition) is 2. The summed E-state index contributed by atoms with van der Waals surface area (Å²) in [7, 11) is 2.17. The molecule has 2 atom stereocenters. The van der Waals surface area contributed by atoms with Crippen LogP contribution in [0.4, 0.5) is 0 Å². The largest absolute Gasteiger partial charge is 0.363 e. The summed E-state index contributed by atoms with van der Waals surface area (Å²) >= 11 is 0. The van der Waals surface area contributed by atoms with Crippen LogP contribution in [-0.4, -0.2) is 30.8 Å². The van der Waals surface area contributed by atoms with Gasteiger partial charge in [-0.2, -0.15) is 0 Å². The maximum absolute atomic E-state index is 5.51. The van der Waals surface area contributed by atoms with Crippen molar-refractivity contribution in [3.63, 3.8) is 0 Å². The quantitative estimate of drug-likeness (QED) is 0.478. The summed E-state index contributed by atoms with van der Waals surface area (Å²) in [6.45, 7) is 0.986. The molecule has 2 fully saturated rings. The Labute approximate surface area is 55.8 Å². The van der Waals surface area contributed by atoms with Crippen molar-refractivity contribution >= 4 is 0 Å². The standard InChI is InChI=1S/C7H13NO/c1-8-6-2-3-7(8)9-5-4-6/h6-7H,2-5H2,1H3/t6-,7-/m0/s1. The zero-order valence-electron chi connectivity index (χ0n) is 5.84. The summed E-state index contributed by atoms with van der Waals surface area (Å²) in [5, 5.41) is 0. The Kier molecular flexibility index (Phi) is 1.24.